The number of β-amino-alcohol motifs (C(OH)–C–C–N with tert-alkyl or cyclic N) is 1. The van der Waals surface area contributed by atoms with Crippen molar-refractivity contribution in [2.75, 3.05) is 44.8 Å². The van der Waals surface area contributed by atoms with E-state index >= 15 is 0 Å². The summed E-state index contributed by atoms with van der Waals surface area (Å²) in [4.78, 5) is 4.52. The van der Waals surface area contributed by atoms with Gasteiger partial charge in [-0.3, -0.25) is 14.9 Å². The molecule has 7 heteroatoms. The molecule has 0 saturated carbocycles. The van der Waals surface area contributed by atoms with Gasteiger partial charge in [-0.05, 0) is 19.2 Å². The number of hydrogen-bond acceptors (Lipinski definition) is 6. The van der Waals surface area contributed by atoms with E-state index in [-0.39, 0.29) is 0 Å². The lowest BCUT2D eigenvalue weighted by atomic mass is 10.2. The van der Waals surface area contributed by atoms with E-state index in [0.717, 1.165) is 54.7 Å². The highest BCUT2D eigenvalue weighted by Crippen LogP contribution is 2.20. The molecule has 0 bridgehead atoms. The molecule has 0 amide bonds. The number of rotatable bonds is 9. The van der Waals surface area contributed by atoms with Crippen molar-refractivity contribution in [1.82, 2.24) is 20.0 Å². The number of H-pyrrole nitrogens is 1. The van der Waals surface area contributed by atoms with Gasteiger partial charge in [-0.2, -0.15) is 16.9 Å². The van der Waals surface area contributed by atoms with Gasteiger partial charge in [0.2, 0.25) is 0 Å². The molecule has 2 N–H and O–H groups in total. The first kappa shape index (κ1) is 19.2. The average molecular weight is 377 g/mol. The van der Waals surface area contributed by atoms with E-state index in [1.165, 1.54) is 0 Å². The third-order valence-electron chi connectivity index (χ3n) is 4.42. The second kappa shape index (κ2) is 9.97. The number of benzene rings is 1. The highest BCUT2D eigenvalue weighted by molar-refractivity contribution is 7.99. The van der Waals surface area contributed by atoms with Gasteiger partial charge in [-0.25, -0.2) is 0 Å². The molecule has 1 saturated heterocycles. The number of aliphatic hydroxyl groups is 1. The van der Waals surface area contributed by atoms with Gasteiger partial charge in [-0.15, -0.1) is 0 Å². The Kier molecular flexibility index (Phi) is 7.37. The summed E-state index contributed by atoms with van der Waals surface area (Å²) >= 11 is 1.98. The van der Waals surface area contributed by atoms with Gasteiger partial charge >= 0.3 is 0 Å². The summed E-state index contributed by atoms with van der Waals surface area (Å²) in [6, 6.07) is 10.0. The van der Waals surface area contributed by atoms with Crippen molar-refractivity contribution in [1.29, 1.82) is 0 Å². The van der Waals surface area contributed by atoms with Crippen LogP contribution in [0.3, 0.4) is 0 Å². The largest absolute Gasteiger partial charge is 0.491 e. The van der Waals surface area contributed by atoms with Gasteiger partial charge in [-0.1, -0.05) is 18.2 Å². The fraction of sp³-hybridized carbons (Fsp3) is 0.526. The maximum atomic E-state index is 10.3. The van der Waals surface area contributed by atoms with Gasteiger partial charge < -0.3 is 9.84 Å². The Bertz CT molecular complexity index is 647. The van der Waals surface area contributed by atoms with Crippen LogP contribution in [0.4, 0.5) is 0 Å². The molecule has 26 heavy (non-hydrogen) atoms. The van der Waals surface area contributed by atoms with Crippen LogP contribution in [0.1, 0.15) is 11.3 Å². The molecule has 6 nitrogen and oxygen atoms in total. The summed E-state index contributed by atoms with van der Waals surface area (Å²) < 4.78 is 5.95. The smallest absolute Gasteiger partial charge is 0.123 e. The molecule has 0 unspecified atom stereocenters. The summed E-state index contributed by atoms with van der Waals surface area (Å²) in [5.41, 5.74) is 2.21. The van der Waals surface area contributed by atoms with Gasteiger partial charge in [0.1, 0.15) is 18.5 Å². The SMILES string of the molecule is CN(Cc1ccn[nH]1)Cc1ccccc1OC[C@@H](O)CN1CCSCC1. The van der Waals surface area contributed by atoms with Crippen molar-refractivity contribution in [2.45, 2.75) is 19.2 Å². The predicted molar refractivity (Wildman–Crippen MR) is 105 cm³/mol. The zero-order valence-electron chi connectivity index (χ0n) is 15.3. The van der Waals surface area contributed by atoms with E-state index in [0.29, 0.717) is 13.2 Å². The first-order valence-electron chi connectivity index (χ1n) is 9.06. The van der Waals surface area contributed by atoms with Crippen molar-refractivity contribution < 1.29 is 9.84 Å². The van der Waals surface area contributed by atoms with E-state index in [4.69, 9.17) is 4.74 Å². The van der Waals surface area contributed by atoms with E-state index in [1.807, 2.05) is 36.0 Å². The van der Waals surface area contributed by atoms with Gasteiger partial charge in [0.25, 0.3) is 0 Å². The molecule has 1 fully saturated rings. The molecular weight excluding hydrogens is 348 g/mol. The molecule has 1 aromatic heterocycles. The number of nitrogens with zero attached hydrogens (tertiary/aromatic N) is 3. The van der Waals surface area contributed by atoms with Crippen molar-refractivity contribution in [3.63, 3.8) is 0 Å². The topological polar surface area (TPSA) is 64.6 Å². The fourth-order valence-corrected chi connectivity index (χ4v) is 4.08. The van der Waals surface area contributed by atoms with Crippen LogP contribution in [0.15, 0.2) is 36.5 Å². The summed E-state index contributed by atoms with van der Waals surface area (Å²) in [6.45, 7) is 4.68. The zero-order chi connectivity index (χ0) is 18.2. The summed E-state index contributed by atoms with van der Waals surface area (Å²) in [7, 11) is 2.07. The van der Waals surface area contributed by atoms with E-state index in [1.54, 1.807) is 6.20 Å². The van der Waals surface area contributed by atoms with E-state index in [9.17, 15) is 5.11 Å². The third kappa shape index (κ3) is 6.02. The minimum Gasteiger partial charge on any atom is -0.491 e. The standard InChI is InChI=1S/C19H28N4O2S/c1-22(13-17-6-7-20-21-17)12-16-4-2-3-5-19(16)25-15-18(24)14-23-8-10-26-11-9-23/h2-7,18,24H,8-15H2,1H3,(H,20,21)/t18-/m0/s1. The third-order valence-corrected chi connectivity index (χ3v) is 5.36. The van der Waals surface area contributed by atoms with Crippen LogP contribution >= 0.6 is 11.8 Å². The number of aliphatic hydroxyl groups excluding tert-OH is 1. The molecule has 1 aliphatic heterocycles. The van der Waals surface area contributed by atoms with Crippen LogP contribution in [-0.2, 0) is 13.1 Å². The average Bonchev–Trinajstić information content (AvgIpc) is 3.14. The molecule has 3 rings (SSSR count). The molecule has 0 radical (unpaired) electrons. The minimum atomic E-state index is -0.464. The lowest BCUT2D eigenvalue weighted by Gasteiger charge is -2.28. The second-order valence-electron chi connectivity index (χ2n) is 6.74. The Morgan fingerprint density at radius 3 is 2.85 bits per heavy atom. The number of aromatic nitrogens is 2. The number of hydrogen-bond donors (Lipinski definition) is 2. The molecule has 1 aromatic carbocycles. The van der Waals surface area contributed by atoms with E-state index < -0.39 is 6.10 Å². The quantitative estimate of drug-likeness (QED) is 0.696. The lowest BCUT2D eigenvalue weighted by Crippen LogP contribution is -2.40. The highest BCUT2D eigenvalue weighted by atomic mass is 32.2. The zero-order valence-corrected chi connectivity index (χ0v) is 16.1. The Morgan fingerprint density at radius 1 is 1.27 bits per heavy atom. The molecule has 1 aliphatic rings. The van der Waals surface area contributed by atoms with Crippen molar-refractivity contribution in [3.8, 4) is 5.75 Å². The molecule has 0 aliphatic carbocycles. The minimum absolute atomic E-state index is 0.324. The van der Waals surface area contributed by atoms with Crippen LogP contribution in [0.5, 0.6) is 5.75 Å². The van der Waals surface area contributed by atoms with Crippen LogP contribution in [0.2, 0.25) is 0 Å². The molecule has 2 heterocycles. The molecule has 1 atom stereocenters. The first-order chi connectivity index (χ1) is 12.7. The molecule has 0 spiro atoms. The fourth-order valence-electron chi connectivity index (χ4n) is 3.11. The number of aromatic amines is 1. The van der Waals surface area contributed by atoms with Crippen LogP contribution in [-0.4, -0.2) is 76.0 Å². The van der Waals surface area contributed by atoms with Crippen LogP contribution in [0.25, 0.3) is 0 Å². The van der Waals surface area contributed by atoms with Gasteiger partial charge in [0, 0.05) is 61.7 Å². The highest BCUT2D eigenvalue weighted by Gasteiger charge is 2.16. The van der Waals surface area contributed by atoms with E-state index in [2.05, 4.69) is 33.1 Å². The van der Waals surface area contributed by atoms with Crippen molar-refractivity contribution >= 4 is 11.8 Å². The van der Waals surface area contributed by atoms with Crippen LogP contribution in [0, 0.1) is 0 Å². The number of thioether (sulfide) groups is 1. The summed E-state index contributed by atoms with van der Waals surface area (Å²) in [5, 5.41) is 17.3. The number of para-hydroxylation sites is 1. The Labute approximate surface area is 159 Å². The second-order valence-corrected chi connectivity index (χ2v) is 7.96. The molecule has 142 valence electrons. The Balaban J connectivity index is 1.49. The van der Waals surface area contributed by atoms with Crippen molar-refractivity contribution in [2.24, 2.45) is 0 Å². The normalized spacial score (nSPS) is 16.7. The summed E-state index contributed by atoms with van der Waals surface area (Å²) in [6.07, 6.45) is 1.30. The van der Waals surface area contributed by atoms with Gasteiger partial charge in [0.15, 0.2) is 0 Å². The monoisotopic (exact) mass is 376 g/mol. The Hall–Kier alpha value is -1.54. The maximum Gasteiger partial charge on any atom is 0.123 e. The summed E-state index contributed by atoms with van der Waals surface area (Å²) in [5.74, 6) is 3.15. The lowest BCUT2D eigenvalue weighted by molar-refractivity contribution is 0.0709. The molecule has 2 aromatic rings. The van der Waals surface area contributed by atoms with Crippen LogP contribution < -0.4 is 4.74 Å². The Morgan fingerprint density at radius 2 is 2.08 bits per heavy atom. The first-order valence-corrected chi connectivity index (χ1v) is 10.2. The number of ether oxygens (including phenoxy) is 1. The van der Waals surface area contributed by atoms with Crippen molar-refractivity contribution in [3.05, 3.63) is 47.8 Å². The number of nitrogens with one attached hydrogen (secondary N) is 1. The van der Waals surface area contributed by atoms with Gasteiger partial charge in [0.05, 0.1) is 0 Å². The predicted octanol–water partition coefficient (Wildman–Crippen LogP) is 1.83. The maximum absolute atomic E-state index is 10.3. The molecular formula is C19H28N4O2S.